The fourth-order valence-electron chi connectivity index (χ4n) is 2.41. The Morgan fingerprint density at radius 3 is 2.75 bits per heavy atom. The van der Waals surface area contributed by atoms with Gasteiger partial charge in [-0.05, 0) is 20.8 Å². The van der Waals surface area contributed by atoms with Crippen LogP contribution in [0.1, 0.15) is 35.0 Å². The van der Waals surface area contributed by atoms with Crippen molar-refractivity contribution >= 4 is 17.2 Å². The fourth-order valence-corrected chi connectivity index (χ4v) is 3.32. The Kier molecular flexibility index (Phi) is 5.51. The summed E-state index contributed by atoms with van der Waals surface area (Å²) in [6, 6.07) is 0.192. The molecule has 5 nitrogen and oxygen atoms in total. The lowest BCUT2D eigenvalue weighted by molar-refractivity contribution is -0.135. The number of nitrogens with zero attached hydrogens (tertiary/aromatic N) is 2. The van der Waals surface area contributed by atoms with Gasteiger partial charge in [-0.2, -0.15) is 0 Å². The summed E-state index contributed by atoms with van der Waals surface area (Å²) in [5.41, 5.74) is 1.10. The molecule has 0 saturated carbocycles. The van der Waals surface area contributed by atoms with Gasteiger partial charge < -0.3 is 15.0 Å². The van der Waals surface area contributed by atoms with E-state index in [1.807, 2.05) is 11.8 Å². The first-order valence-corrected chi connectivity index (χ1v) is 7.92. The Morgan fingerprint density at radius 2 is 2.15 bits per heavy atom. The third kappa shape index (κ3) is 4.01. The zero-order valence-electron chi connectivity index (χ0n) is 12.4. The van der Waals surface area contributed by atoms with Crippen molar-refractivity contribution in [3.8, 4) is 0 Å². The second kappa shape index (κ2) is 7.15. The summed E-state index contributed by atoms with van der Waals surface area (Å²) in [5, 5.41) is 4.48. The Hall–Kier alpha value is -0.980. The van der Waals surface area contributed by atoms with E-state index in [-0.39, 0.29) is 11.9 Å². The standard InChI is InChI=1S/C14H23N3O2S/c1-10(14-11(2)20-12(3)16-14)15-5-4-13(18)17-6-8-19-9-7-17/h10,15H,4-9H2,1-3H3. The van der Waals surface area contributed by atoms with E-state index in [0.717, 1.165) is 23.8 Å². The van der Waals surface area contributed by atoms with Crippen LogP contribution >= 0.6 is 11.3 Å². The van der Waals surface area contributed by atoms with Crippen LogP contribution < -0.4 is 5.32 Å². The minimum absolute atomic E-state index is 0.192. The monoisotopic (exact) mass is 297 g/mol. The minimum Gasteiger partial charge on any atom is -0.378 e. The SMILES string of the molecule is Cc1nc(C(C)NCCC(=O)N2CCOCC2)c(C)s1. The molecule has 1 aliphatic heterocycles. The number of carbonyl (C=O) groups excluding carboxylic acids is 1. The summed E-state index contributed by atoms with van der Waals surface area (Å²) in [5.74, 6) is 0.208. The summed E-state index contributed by atoms with van der Waals surface area (Å²) in [7, 11) is 0. The van der Waals surface area contributed by atoms with Gasteiger partial charge in [0.25, 0.3) is 0 Å². The van der Waals surface area contributed by atoms with Crippen molar-refractivity contribution in [2.75, 3.05) is 32.8 Å². The first kappa shape index (κ1) is 15.4. The highest BCUT2D eigenvalue weighted by Gasteiger charge is 2.17. The third-order valence-electron chi connectivity index (χ3n) is 3.50. The molecule has 1 N–H and O–H groups in total. The molecule has 0 spiro atoms. The quantitative estimate of drug-likeness (QED) is 0.898. The van der Waals surface area contributed by atoms with Gasteiger partial charge in [0.1, 0.15) is 0 Å². The number of nitrogens with one attached hydrogen (secondary N) is 1. The number of amides is 1. The number of thiazole rings is 1. The maximum atomic E-state index is 12.0. The lowest BCUT2D eigenvalue weighted by atomic mass is 10.2. The summed E-state index contributed by atoms with van der Waals surface area (Å²) >= 11 is 1.72. The average molecular weight is 297 g/mol. The van der Waals surface area contributed by atoms with Crippen molar-refractivity contribution < 1.29 is 9.53 Å². The van der Waals surface area contributed by atoms with Crippen molar-refractivity contribution in [2.24, 2.45) is 0 Å². The Balaban J connectivity index is 1.75. The predicted molar refractivity (Wildman–Crippen MR) is 80.0 cm³/mol. The van der Waals surface area contributed by atoms with E-state index < -0.39 is 0 Å². The molecule has 6 heteroatoms. The highest BCUT2D eigenvalue weighted by Crippen LogP contribution is 2.22. The highest BCUT2D eigenvalue weighted by atomic mass is 32.1. The summed E-state index contributed by atoms with van der Waals surface area (Å²) in [4.78, 5) is 19.7. The van der Waals surface area contributed by atoms with Crippen molar-refractivity contribution in [3.05, 3.63) is 15.6 Å². The molecule has 2 heterocycles. The minimum atomic E-state index is 0.192. The van der Waals surface area contributed by atoms with Crippen LogP contribution in [0.25, 0.3) is 0 Å². The molecule has 1 amide bonds. The van der Waals surface area contributed by atoms with Crippen LogP contribution in [0.4, 0.5) is 0 Å². The molecule has 1 aromatic rings. The second-order valence-corrected chi connectivity index (χ2v) is 6.50. The van der Waals surface area contributed by atoms with E-state index >= 15 is 0 Å². The molecule has 1 aliphatic rings. The molecule has 0 radical (unpaired) electrons. The lowest BCUT2D eigenvalue weighted by Crippen LogP contribution is -2.41. The predicted octanol–water partition coefficient (Wildman–Crippen LogP) is 1.66. The van der Waals surface area contributed by atoms with E-state index in [1.54, 1.807) is 11.3 Å². The van der Waals surface area contributed by atoms with Crippen molar-refractivity contribution in [1.29, 1.82) is 0 Å². The number of carbonyl (C=O) groups is 1. The van der Waals surface area contributed by atoms with E-state index in [4.69, 9.17) is 4.74 Å². The van der Waals surface area contributed by atoms with Crippen molar-refractivity contribution in [2.45, 2.75) is 33.2 Å². The topological polar surface area (TPSA) is 54.5 Å². The molecule has 2 rings (SSSR count). The molecule has 0 aromatic carbocycles. The van der Waals surface area contributed by atoms with Crippen molar-refractivity contribution in [3.63, 3.8) is 0 Å². The summed E-state index contributed by atoms with van der Waals surface area (Å²) in [6.07, 6.45) is 0.534. The van der Waals surface area contributed by atoms with Gasteiger partial charge in [0.2, 0.25) is 5.91 Å². The Labute approximate surface area is 124 Å². The molecular weight excluding hydrogens is 274 g/mol. The van der Waals surface area contributed by atoms with E-state index in [9.17, 15) is 4.79 Å². The maximum Gasteiger partial charge on any atom is 0.224 e. The van der Waals surface area contributed by atoms with Gasteiger partial charge in [-0.25, -0.2) is 4.98 Å². The molecule has 1 saturated heterocycles. The van der Waals surface area contributed by atoms with Gasteiger partial charge in [-0.1, -0.05) is 0 Å². The molecule has 20 heavy (non-hydrogen) atoms. The number of morpholine rings is 1. The van der Waals surface area contributed by atoms with E-state index in [1.165, 1.54) is 4.88 Å². The van der Waals surface area contributed by atoms with Crippen molar-refractivity contribution in [1.82, 2.24) is 15.2 Å². The molecule has 1 unspecified atom stereocenters. The summed E-state index contributed by atoms with van der Waals surface area (Å²) < 4.78 is 5.25. The Morgan fingerprint density at radius 1 is 1.45 bits per heavy atom. The smallest absolute Gasteiger partial charge is 0.224 e. The maximum absolute atomic E-state index is 12.0. The normalized spacial score (nSPS) is 17.2. The molecule has 1 fully saturated rings. The zero-order valence-corrected chi connectivity index (χ0v) is 13.3. The van der Waals surface area contributed by atoms with Crippen LogP contribution in [0.2, 0.25) is 0 Å². The van der Waals surface area contributed by atoms with Crippen LogP contribution in [0.5, 0.6) is 0 Å². The van der Waals surface area contributed by atoms with E-state index in [2.05, 4.69) is 24.1 Å². The highest BCUT2D eigenvalue weighted by molar-refractivity contribution is 7.11. The largest absolute Gasteiger partial charge is 0.378 e. The van der Waals surface area contributed by atoms with Crippen LogP contribution in [-0.4, -0.2) is 48.6 Å². The number of aromatic nitrogens is 1. The number of ether oxygens (including phenoxy) is 1. The second-order valence-electron chi connectivity index (χ2n) is 5.09. The first-order valence-electron chi connectivity index (χ1n) is 7.10. The first-order chi connectivity index (χ1) is 9.58. The number of aryl methyl sites for hydroxylation is 2. The zero-order chi connectivity index (χ0) is 14.5. The Bertz CT molecular complexity index is 455. The third-order valence-corrected chi connectivity index (χ3v) is 4.40. The van der Waals surface area contributed by atoms with Gasteiger partial charge >= 0.3 is 0 Å². The number of rotatable bonds is 5. The van der Waals surface area contributed by atoms with Gasteiger partial charge in [-0.3, -0.25) is 4.79 Å². The molecule has 1 aromatic heterocycles. The number of hydrogen-bond donors (Lipinski definition) is 1. The average Bonchev–Trinajstić information content (AvgIpc) is 2.78. The fraction of sp³-hybridized carbons (Fsp3) is 0.714. The van der Waals surface area contributed by atoms with Crippen LogP contribution in [0.3, 0.4) is 0 Å². The number of hydrogen-bond acceptors (Lipinski definition) is 5. The molecule has 0 bridgehead atoms. The van der Waals surface area contributed by atoms with Gasteiger partial charge in [-0.15, -0.1) is 11.3 Å². The van der Waals surface area contributed by atoms with E-state index in [0.29, 0.717) is 26.2 Å². The molecule has 112 valence electrons. The van der Waals surface area contributed by atoms with Gasteiger partial charge in [0.15, 0.2) is 0 Å². The van der Waals surface area contributed by atoms with Gasteiger partial charge in [0, 0.05) is 37.0 Å². The molecular formula is C14H23N3O2S. The summed E-state index contributed by atoms with van der Waals surface area (Å²) in [6.45, 7) is 9.66. The van der Waals surface area contributed by atoms with Crippen LogP contribution in [-0.2, 0) is 9.53 Å². The molecule has 0 aliphatic carbocycles. The molecule has 1 atom stereocenters. The van der Waals surface area contributed by atoms with Crippen LogP contribution in [0.15, 0.2) is 0 Å². The van der Waals surface area contributed by atoms with Crippen LogP contribution in [0, 0.1) is 13.8 Å². The van der Waals surface area contributed by atoms with Gasteiger partial charge in [0.05, 0.1) is 23.9 Å². The lowest BCUT2D eigenvalue weighted by Gasteiger charge is -2.27.